The van der Waals surface area contributed by atoms with Gasteiger partial charge in [-0.3, -0.25) is 9.59 Å². The summed E-state index contributed by atoms with van der Waals surface area (Å²) in [5.41, 5.74) is 3.20. The summed E-state index contributed by atoms with van der Waals surface area (Å²) in [6.45, 7) is 5.81. The van der Waals surface area contributed by atoms with E-state index in [9.17, 15) is 9.59 Å². The Balaban J connectivity index is 1.77. The first-order valence-corrected chi connectivity index (χ1v) is 11.3. The molecule has 0 aromatic heterocycles. The smallest absolute Gasteiger partial charge is 0.282 e. The van der Waals surface area contributed by atoms with Crippen LogP contribution in [0, 0.1) is 0 Å². The van der Waals surface area contributed by atoms with Gasteiger partial charge < -0.3 is 9.64 Å². The van der Waals surface area contributed by atoms with Crippen molar-refractivity contribution in [3.8, 4) is 5.75 Å². The molecule has 0 spiro atoms. The molecule has 1 heterocycles. The second kappa shape index (κ2) is 10.2. The zero-order chi connectivity index (χ0) is 23.2. The number of nitrogens with zero attached hydrogens (tertiary/aromatic N) is 2. The van der Waals surface area contributed by atoms with E-state index >= 15 is 0 Å². The number of ether oxygens (including phenoxy) is 1. The van der Waals surface area contributed by atoms with Crippen LogP contribution in [0.2, 0.25) is 0 Å². The first kappa shape index (κ1) is 22.3. The average molecular weight is 441 g/mol. The molecule has 5 heteroatoms. The van der Waals surface area contributed by atoms with Crippen molar-refractivity contribution in [1.29, 1.82) is 0 Å². The van der Waals surface area contributed by atoms with E-state index < -0.39 is 0 Å². The molecule has 0 radical (unpaired) electrons. The summed E-state index contributed by atoms with van der Waals surface area (Å²) >= 11 is 0. The highest BCUT2D eigenvalue weighted by molar-refractivity contribution is 6.45. The second-order valence-corrected chi connectivity index (χ2v) is 7.88. The molecule has 1 aliphatic rings. The average Bonchev–Trinajstić information content (AvgIpc) is 3.12. The Hall–Kier alpha value is -3.86. The van der Waals surface area contributed by atoms with E-state index in [-0.39, 0.29) is 11.8 Å². The number of amides is 2. The van der Waals surface area contributed by atoms with Gasteiger partial charge in [0.1, 0.15) is 11.4 Å². The molecule has 5 nitrogen and oxygen atoms in total. The second-order valence-electron chi connectivity index (χ2n) is 7.88. The standard InChI is InChI=1S/C28H28N2O3/c1-3-19-33-24-17-15-22(16-18-24)25-26(29(4-2)20-21-11-7-5-8-12-21)28(32)30(27(25)31)23-13-9-6-10-14-23/h5-18H,3-4,19-20H2,1-2H3. The largest absolute Gasteiger partial charge is 0.494 e. The van der Waals surface area contributed by atoms with Crippen LogP contribution in [-0.2, 0) is 16.1 Å². The Morgan fingerprint density at radius 3 is 2.03 bits per heavy atom. The van der Waals surface area contributed by atoms with Crippen molar-refractivity contribution in [3.05, 3.63) is 102 Å². The number of rotatable bonds is 9. The number of likely N-dealkylation sites (N-methyl/N-ethyl adjacent to an activating group) is 1. The SMILES string of the molecule is CCCOc1ccc(C2=C(N(CC)Cc3ccccc3)C(=O)N(c3ccccc3)C2=O)cc1. The molecule has 2 amide bonds. The van der Waals surface area contributed by atoms with Crippen molar-refractivity contribution in [1.82, 2.24) is 4.90 Å². The van der Waals surface area contributed by atoms with Crippen LogP contribution in [0.25, 0.3) is 5.57 Å². The number of hydrogen-bond donors (Lipinski definition) is 0. The van der Waals surface area contributed by atoms with Crippen molar-refractivity contribution < 1.29 is 14.3 Å². The highest BCUT2D eigenvalue weighted by Crippen LogP contribution is 2.35. The third kappa shape index (κ3) is 4.67. The van der Waals surface area contributed by atoms with E-state index in [2.05, 4.69) is 6.92 Å². The third-order valence-corrected chi connectivity index (χ3v) is 5.60. The normalized spacial score (nSPS) is 13.6. The summed E-state index contributed by atoms with van der Waals surface area (Å²) in [4.78, 5) is 30.6. The molecule has 0 aliphatic carbocycles. The van der Waals surface area contributed by atoms with Crippen LogP contribution >= 0.6 is 0 Å². The van der Waals surface area contributed by atoms with Gasteiger partial charge in [-0.15, -0.1) is 0 Å². The number of hydrogen-bond acceptors (Lipinski definition) is 4. The summed E-state index contributed by atoms with van der Waals surface area (Å²) in [5.74, 6) is 0.135. The fourth-order valence-corrected chi connectivity index (χ4v) is 3.97. The lowest BCUT2D eigenvalue weighted by Crippen LogP contribution is -2.35. The predicted molar refractivity (Wildman–Crippen MR) is 131 cm³/mol. The van der Waals surface area contributed by atoms with E-state index in [1.165, 1.54) is 4.90 Å². The highest BCUT2D eigenvalue weighted by atomic mass is 16.5. The Labute approximate surface area is 194 Å². The van der Waals surface area contributed by atoms with Crippen LogP contribution in [-0.4, -0.2) is 29.9 Å². The maximum Gasteiger partial charge on any atom is 0.282 e. The molecule has 0 saturated carbocycles. The molecule has 0 N–H and O–H groups in total. The molecule has 33 heavy (non-hydrogen) atoms. The van der Waals surface area contributed by atoms with E-state index in [1.54, 1.807) is 12.1 Å². The van der Waals surface area contributed by atoms with E-state index in [0.29, 0.717) is 42.2 Å². The van der Waals surface area contributed by atoms with Gasteiger partial charge in [-0.25, -0.2) is 4.90 Å². The van der Waals surface area contributed by atoms with Gasteiger partial charge in [-0.05, 0) is 48.7 Å². The first-order valence-electron chi connectivity index (χ1n) is 11.3. The Bertz CT molecular complexity index is 1140. The summed E-state index contributed by atoms with van der Waals surface area (Å²) in [7, 11) is 0. The van der Waals surface area contributed by atoms with Crippen molar-refractivity contribution in [2.45, 2.75) is 26.8 Å². The maximum absolute atomic E-state index is 13.7. The monoisotopic (exact) mass is 440 g/mol. The number of carbonyl (C=O) groups excluding carboxylic acids is 2. The fourth-order valence-electron chi connectivity index (χ4n) is 3.97. The molecule has 0 unspecified atom stereocenters. The minimum atomic E-state index is -0.310. The molecule has 168 valence electrons. The minimum Gasteiger partial charge on any atom is -0.494 e. The quantitative estimate of drug-likeness (QED) is 0.425. The van der Waals surface area contributed by atoms with Gasteiger partial charge in [0.2, 0.25) is 0 Å². The van der Waals surface area contributed by atoms with Crippen LogP contribution in [0.5, 0.6) is 5.75 Å². The van der Waals surface area contributed by atoms with Crippen LogP contribution in [0.1, 0.15) is 31.4 Å². The molecular weight excluding hydrogens is 412 g/mol. The van der Waals surface area contributed by atoms with Gasteiger partial charge in [-0.2, -0.15) is 0 Å². The topological polar surface area (TPSA) is 49.9 Å². The van der Waals surface area contributed by atoms with Gasteiger partial charge in [0.05, 0.1) is 17.9 Å². The molecule has 3 aromatic rings. The third-order valence-electron chi connectivity index (χ3n) is 5.60. The van der Waals surface area contributed by atoms with E-state index in [1.807, 2.05) is 84.6 Å². The van der Waals surface area contributed by atoms with E-state index in [0.717, 1.165) is 17.7 Å². The summed E-state index contributed by atoms with van der Waals surface area (Å²) in [6.07, 6.45) is 0.918. The molecule has 3 aromatic carbocycles. The minimum absolute atomic E-state index is 0.301. The Morgan fingerprint density at radius 1 is 0.788 bits per heavy atom. The van der Waals surface area contributed by atoms with Gasteiger partial charge in [0.15, 0.2) is 0 Å². The van der Waals surface area contributed by atoms with Crippen molar-refractivity contribution in [2.24, 2.45) is 0 Å². The van der Waals surface area contributed by atoms with Crippen LogP contribution in [0.15, 0.2) is 90.6 Å². The zero-order valence-electron chi connectivity index (χ0n) is 19.0. The van der Waals surface area contributed by atoms with Crippen LogP contribution in [0.3, 0.4) is 0 Å². The lowest BCUT2D eigenvalue weighted by atomic mass is 10.0. The summed E-state index contributed by atoms with van der Waals surface area (Å²) in [5, 5.41) is 0. The van der Waals surface area contributed by atoms with Gasteiger partial charge in [0.25, 0.3) is 11.8 Å². The number of anilines is 1. The van der Waals surface area contributed by atoms with Gasteiger partial charge in [0, 0.05) is 13.1 Å². The Morgan fingerprint density at radius 2 is 1.42 bits per heavy atom. The summed E-state index contributed by atoms with van der Waals surface area (Å²) in [6, 6.07) is 26.5. The fraction of sp³-hybridized carbons (Fsp3) is 0.214. The van der Waals surface area contributed by atoms with Gasteiger partial charge >= 0.3 is 0 Å². The number of imide groups is 1. The Kier molecular flexibility index (Phi) is 6.89. The number of carbonyl (C=O) groups is 2. The van der Waals surface area contributed by atoms with E-state index in [4.69, 9.17) is 4.74 Å². The highest BCUT2D eigenvalue weighted by Gasteiger charge is 2.42. The van der Waals surface area contributed by atoms with Gasteiger partial charge in [-0.1, -0.05) is 67.6 Å². The number of para-hydroxylation sites is 1. The lowest BCUT2D eigenvalue weighted by Gasteiger charge is -2.25. The summed E-state index contributed by atoms with van der Waals surface area (Å²) < 4.78 is 5.70. The molecule has 0 saturated heterocycles. The lowest BCUT2D eigenvalue weighted by molar-refractivity contribution is -0.120. The van der Waals surface area contributed by atoms with Crippen LogP contribution < -0.4 is 9.64 Å². The predicted octanol–water partition coefficient (Wildman–Crippen LogP) is 5.28. The molecule has 1 aliphatic heterocycles. The van der Waals surface area contributed by atoms with Crippen molar-refractivity contribution in [3.63, 3.8) is 0 Å². The van der Waals surface area contributed by atoms with Crippen molar-refractivity contribution in [2.75, 3.05) is 18.1 Å². The molecular formula is C28H28N2O3. The zero-order valence-corrected chi connectivity index (χ0v) is 19.0. The molecule has 4 rings (SSSR count). The molecule has 0 atom stereocenters. The van der Waals surface area contributed by atoms with Crippen LogP contribution in [0.4, 0.5) is 5.69 Å². The van der Waals surface area contributed by atoms with Crippen molar-refractivity contribution >= 4 is 23.1 Å². The maximum atomic E-state index is 13.7. The molecule has 0 bridgehead atoms. The molecule has 0 fully saturated rings. The first-order chi connectivity index (χ1) is 16.1. The number of benzene rings is 3.